The molecule has 0 aromatic heterocycles. The normalized spacial score (nSPS) is 36.4. The van der Waals surface area contributed by atoms with E-state index in [1.165, 1.54) is 24.8 Å². The number of benzene rings is 1. The van der Waals surface area contributed by atoms with Gasteiger partial charge in [-0.15, -0.1) is 0 Å². The third-order valence-corrected chi connectivity index (χ3v) is 8.74. The van der Waals surface area contributed by atoms with Crippen LogP contribution in [0.2, 0.25) is 0 Å². The molecule has 0 spiro atoms. The van der Waals surface area contributed by atoms with Crippen LogP contribution in [0, 0.1) is 23.2 Å². The molecule has 4 saturated carbocycles. The molecule has 4 bridgehead atoms. The van der Waals surface area contributed by atoms with E-state index in [2.05, 4.69) is 28.0 Å². The number of piperidine rings is 1. The first kappa shape index (κ1) is 18.0. The van der Waals surface area contributed by atoms with Gasteiger partial charge in [-0.3, -0.25) is 9.59 Å². The molecule has 4 aliphatic carbocycles. The number of carbonyl (C=O) groups excluding carboxylic acids is 2. The fraction of sp³-hybridized carbons (Fsp3) is 0.680. The van der Waals surface area contributed by atoms with Crippen LogP contribution >= 0.6 is 0 Å². The van der Waals surface area contributed by atoms with E-state index in [1.54, 1.807) is 0 Å². The SMILES string of the molecule is O=C1CCc2ccccc2N1C1CCN(C(=O)C23CC4CC(CC(C4)C2)C3)CC1. The summed E-state index contributed by atoms with van der Waals surface area (Å²) in [7, 11) is 0. The fourth-order valence-corrected chi connectivity index (χ4v) is 7.89. The minimum absolute atomic E-state index is 0.0326. The molecule has 0 unspecified atom stereocenters. The Bertz CT molecular complexity index is 804. The maximum atomic E-state index is 13.6. The highest BCUT2D eigenvalue weighted by Crippen LogP contribution is 2.60. The number of amides is 2. The van der Waals surface area contributed by atoms with Gasteiger partial charge in [-0.05, 0) is 87.2 Å². The fourth-order valence-electron chi connectivity index (χ4n) is 7.89. The molecule has 2 amide bonds. The molecule has 2 aliphatic heterocycles. The summed E-state index contributed by atoms with van der Waals surface area (Å²) in [6, 6.07) is 8.60. The maximum Gasteiger partial charge on any atom is 0.228 e. The summed E-state index contributed by atoms with van der Waals surface area (Å²) in [5.41, 5.74) is 2.36. The van der Waals surface area contributed by atoms with Gasteiger partial charge in [0, 0.05) is 31.2 Å². The van der Waals surface area contributed by atoms with Crippen LogP contribution in [0.5, 0.6) is 0 Å². The van der Waals surface area contributed by atoms with E-state index in [4.69, 9.17) is 0 Å². The van der Waals surface area contributed by atoms with Crippen LogP contribution < -0.4 is 4.90 Å². The Hall–Kier alpha value is -1.84. The van der Waals surface area contributed by atoms with Crippen LogP contribution in [0.25, 0.3) is 0 Å². The molecule has 2 heterocycles. The average molecular weight is 393 g/mol. The standard InChI is InChI=1S/C25H32N2O2/c28-23-6-5-20-3-1-2-4-22(20)27(23)21-7-9-26(10-8-21)24(29)25-14-17-11-18(15-25)13-19(12-17)16-25/h1-4,17-19,21H,5-16H2. The minimum atomic E-state index is -0.0326. The van der Waals surface area contributed by atoms with Crippen molar-refractivity contribution in [3.63, 3.8) is 0 Å². The molecular formula is C25H32N2O2. The maximum absolute atomic E-state index is 13.6. The van der Waals surface area contributed by atoms with Crippen molar-refractivity contribution >= 4 is 17.5 Å². The van der Waals surface area contributed by atoms with Gasteiger partial charge in [0.1, 0.15) is 0 Å². The molecule has 4 heteroatoms. The summed E-state index contributed by atoms with van der Waals surface area (Å²) in [6.07, 6.45) is 10.9. The van der Waals surface area contributed by atoms with Crippen LogP contribution in [0.15, 0.2) is 24.3 Å². The lowest BCUT2D eigenvalue weighted by Gasteiger charge is -2.57. The molecule has 5 fully saturated rings. The Kier molecular flexibility index (Phi) is 4.08. The van der Waals surface area contributed by atoms with Gasteiger partial charge in [-0.1, -0.05) is 18.2 Å². The van der Waals surface area contributed by atoms with E-state index < -0.39 is 0 Å². The molecule has 1 aromatic carbocycles. The number of fused-ring (bicyclic) bond motifs is 1. The van der Waals surface area contributed by atoms with Crippen molar-refractivity contribution in [1.82, 2.24) is 4.90 Å². The van der Waals surface area contributed by atoms with Gasteiger partial charge in [-0.25, -0.2) is 0 Å². The first-order valence-electron chi connectivity index (χ1n) is 11.8. The molecule has 4 nitrogen and oxygen atoms in total. The second-order valence-electron chi connectivity index (χ2n) is 10.6. The first-order valence-corrected chi connectivity index (χ1v) is 11.8. The number of carbonyl (C=O) groups is 2. The number of aryl methyl sites for hydroxylation is 1. The van der Waals surface area contributed by atoms with Crippen molar-refractivity contribution in [2.45, 2.75) is 70.3 Å². The van der Waals surface area contributed by atoms with E-state index in [0.29, 0.717) is 12.3 Å². The van der Waals surface area contributed by atoms with Gasteiger partial charge < -0.3 is 9.80 Å². The van der Waals surface area contributed by atoms with E-state index in [0.717, 1.165) is 75.1 Å². The lowest BCUT2D eigenvalue weighted by atomic mass is 9.49. The van der Waals surface area contributed by atoms with Crippen molar-refractivity contribution < 1.29 is 9.59 Å². The van der Waals surface area contributed by atoms with Crippen LogP contribution in [-0.2, 0) is 16.0 Å². The minimum Gasteiger partial charge on any atom is -0.342 e. The van der Waals surface area contributed by atoms with Gasteiger partial charge in [0.05, 0.1) is 5.41 Å². The highest BCUT2D eigenvalue weighted by Gasteiger charge is 2.55. The highest BCUT2D eigenvalue weighted by molar-refractivity contribution is 5.97. The Labute approximate surface area is 173 Å². The van der Waals surface area contributed by atoms with Crippen LogP contribution in [0.4, 0.5) is 5.69 Å². The van der Waals surface area contributed by atoms with E-state index in [1.807, 2.05) is 6.07 Å². The van der Waals surface area contributed by atoms with Gasteiger partial charge in [-0.2, -0.15) is 0 Å². The summed E-state index contributed by atoms with van der Waals surface area (Å²) >= 11 is 0. The molecule has 7 rings (SSSR count). The zero-order valence-electron chi connectivity index (χ0n) is 17.3. The highest BCUT2D eigenvalue weighted by atomic mass is 16.2. The predicted molar refractivity (Wildman–Crippen MR) is 112 cm³/mol. The van der Waals surface area contributed by atoms with Gasteiger partial charge in [0.2, 0.25) is 11.8 Å². The zero-order valence-corrected chi connectivity index (χ0v) is 17.3. The molecule has 0 atom stereocenters. The molecule has 0 radical (unpaired) electrons. The van der Waals surface area contributed by atoms with Gasteiger partial charge >= 0.3 is 0 Å². The van der Waals surface area contributed by atoms with E-state index >= 15 is 0 Å². The summed E-state index contributed by atoms with van der Waals surface area (Å²) < 4.78 is 0. The number of hydrogen-bond acceptors (Lipinski definition) is 2. The monoisotopic (exact) mass is 392 g/mol. The Balaban J connectivity index is 1.17. The average Bonchev–Trinajstić information content (AvgIpc) is 2.72. The molecular weight excluding hydrogens is 360 g/mol. The molecule has 6 aliphatic rings. The Morgan fingerprint density at radius 1 is 0.897 bits per heavy atom. The molecule has 29 heavy (non-hydrogen) atoms. The smallest absolute Gasteiger partial charge is 0.228 e. The predicted octanol–water partition coefficient (Wildman–Crippen LogP) is 4.17. The molecule has 0 N–H and O–H groups in total. The van der Waals surface area contributed by atoms with Gasteiger partial charge in [0.15, 0.2) is 0 Å². The lowest BCUT2D eigenvalue weighted by Crippen LogP contribution is -2.57. The summed E-state index contributed by atoms with van der Waals surface area (Å²) in [4.78, 5) is 30.6. The third-order valence-electron chi connectivity index (χ3n) is 8.74. The third kappa shape index (κ3) is 2.85. The van der Waals surface area contributed by atoms with Crippen molar-refractivity contribution in [2.75, 3.05) is 18.0 Å². The summed E-state index contributed by atoms with van der Waals surface area (Å²) in [5.74, 6) is 3.15. The Morgan fingerprint density at radius 2 is 1.52 bits per heavy atom. The number of nitrogens with zero attached hydrogens (tertiary/aromatic N) is 2. The number of hydrogen-bond donors (Lipinski definition) is 0. The second kappa shape index (κ2) is 6.58. The van der Waals surface area contributed by atoms with Crippen molar-refractivity contribution in [1.29, 1.82) is 0 Å². The zero-order chi connectivity index (χ0) is 19.6. The Morgan fingerprint density at radius 3 is 2.17 bits per heavy atom. The van der Waals surface area contributed by atoms with Crippen molar-refractivity contribution in [3.05, 3.63) is 29.8 Å². The van der Waals surface area contributed by atoms with Crippen LogP contribution in [-0.4, -0.2) is 35.8 Å². The van der Waals surface area contributed by atoms with Crippen LogP contribution in [0.1, 0.15) is 63.4 Å². The molecule has 1 saturated heterocycles. The number of anilines is 1. The summed E-state index contributed by atoms with van der Waals surface area (Å²) in [6.45, 7) is 1.63. The van der Waals surface area contributed by atoms with E-state index in [9.17, 15) is 9.59 Å². The lowest BCUT2D eigenvalue weighted by molar-refractivity contribution is -0.158. The largest absolute Gasteiger partial charge is 0.342 e. The second-order valence-corrected chi connectivity index (χ2v) is 10.6. The topological polar surface area (TPSA) is 40.6 Å². The molecule has 154 valence electrons. The van der Waals surface area contributed by atoms with E-state index in [-0.39, 0.29) is 17.4 Å². The summed E-state index contributed by atoms with van der Waals surface area (Å²) in [5, 5.41) is 0. The number of para-hydroxylation sites is 1. The van der Waals surface area contributed by atoms with Gasteiger partial charge in [0.25, 0.3) is 0 Å². The molecule has 1 aromatic rings. The first-order chi connectivity index (χ1) is 14.1. The number of likely N-dealkylation sites (tertiary alicyclic amines) is 1. The van der Waals surface area contributed by atoms with Crippen molar-refractivity contribution in [3.8, 4) is 0 Å². The van der Waals surface area contributed by atoms with Crippen molar-refractivity contribution in [2.24, 2.45) is 23.2 Å². The quantitative estimate of drug-likeness (QED) is 0.758. The van der Waals surface area contributed by atoms with Crippen LogP contribution in [0.3, 0.4) is 0 Å². The number of rotatable bonds is 2.